The Balaban J connectivity index is 2.46. The van der Waals surface area contributed by atoms with Gasteiger partial charge < -0.3 is 0 Å². The monoisotopic (exact) mass is 234 g/mol. The van der Waals surface area contributed by atoms with Crippen molar-refractivity contribution in [1.29, 1.82) is 0 Å². The van der Waals surface area contributed by atoms with E-state index in [1.54, 1.807) is 0 Å². The van der Waals surface area contributed by atoms with E-state index < -0.39 is 0 Å². The molecule has 0 saturated heterocycles. The van der Waals surface area contributed by atoms with Crippen LogP contribution in [0.1, 0.15) is 18.9 Å². The number of aryl methyl sites for hydroxylation is 1. The number of rotatable bonds is 3. The molecule has 1 aromatic heterocycles. The van der Waals surface area contributed by atoms with Crippen LogP contribution in [-0.4, -0.2) is 9.78 Å². The lowest BCUT2D eigenvalue weighted by molar-refractivity contribution is 0.605. The molecule has 0 aliphatic rings. The lowest BCUT2D eigenvalue weighted by Crippen LogP contribution is -1.98. The molecule has 2 aromatic rings. The van der Waals surface area contributed by atoms with Crippen molar-refractivity contribution in [2.24, 2.45) is 0 Å². The van der Waals surface area contributed by atoms with Crippen molar-refractivity contribution >= 4 is 11.6 Å². The summed E-state index contributed by atoms with van der Waals surface area (Å²) in [6, 6.07) is 10.1. The van der Waals surface area contributed by atoms with Crippen LogP contribution in [0.5, 0.6) is 0 Å². The first-order valence-corrected chi connectivity index (χ1v) is 5.90. The van der Waals surface area contributed by atoms with Gasteiger partial charge >= 0.3 is 0 Å². The molecule has 0 atom stereocenters. The third-order valence-corrected chi connectivity index (χ3v) is 3.07. The Morgan fingerprint density at radius 2 is 1.94 bits per heavy atom. The zero-order valence-corrected chi connectivity index (χ0v) is 10.3. The molecule has 3 heteroatoms. The van der Waals surface area contributed by atoms with Gasteiger partial charge in [-0.05, 0) is 13.3 Å². The third-order valence-electron chi connectivity index (χ3n) is 2.59. The zero-order valence-electron chi connectivity index (χ0n) is 9.57. The number of hydrogen-bond acceptors (Lipinski definition) is 1. The molecule has 0 saturated carbocycles. The van der Waals surface area contributed by atoms with Crippen molar-refractivity contribution in [2.75, 3.05) is 0 Å². The van der Waals surface area contributed by atoms with E-state index in [-0.39, 0.29) is 0 Å². The van der Waals surface area contributed by atoms with Crippen molar-refractivity contribution in [3.05, 3.63) is 41.0 Å². The molecule has 0 unspecified atom stereocenters. The van der Waals surface area contributed by atoms with Crippen molar-refractivity contribution in [2.45, 2.75) is 26.8 Å². The summed E-state index contributed by atoms with van der Waals surface area (Å²) in [7, 11) is 0. The van der Waals surface area contributed by atoms with Gasteiger partial charge in [0.05, 0.1) is 5.69 Å². The molecule has 0 aliphatic heterocycles. The maximum absolute atomic E-state index is 6.24. The molecule has 16 heavy (non-hydrogen) atoms. The zero-order chi connectivity index (χ0) is 11.5. The second kappa shape index (κ2) is 4.71. The summed E-state index contributed by atoms with van der Waals surface area (Å²) in [5, 5.41) is 5.30. The summed E-state index contributed by atoms with van der Waals surface area (Å²) in [5.74, 6) is 0. The fourth-order valence-electron chi connectivity index (χ4n) is 1.76. The highest BCUT2D eigenvalue weighted by Gasteiger charge is 2.12. The predicted octanol–water partition coefficient (Wildman–Crippen LogP) is 3.92. The van der Waals surface area contributed by atoms with Gasteiger partial charge in [-0.3, -0.25) is 4.68 Å². The Morgan fingerprint density at radius 1 is 1.25 bits per heavy atom. The highest BCUT2D eigenvalue weighted by Crippen LogP contribution is 2.27. The van der Waals surface area contributed by atoms with Crippen LogP contribution in [0.3, 0.4) is 0 Å². The lowest BCUT2D eigenvalue weighted by Gasteiger charge is -1.98. The first-order chi connectivity index (χ1) is 7.74. The molecule has 0 amide bonds. The molecule has 2 nitrogen and oxygen atoms in total. The van der Waals surface area contributed by atoms with Gasteiger partial charge in [0.25, 0.3) is 0 Å². The molecular weight excluding hydrogens is 220 g/mol. The third kappa shape index (κ3) is 1.98. The van der Waals surface area contributed by atoms with Crippen molar-refractivity contribution in [1.82, 2.24) is 9.78 Å². The first kappa shape index (κ1) is 11.2. The van der Waals surface area contributed by atoms with E-state index in [4.69, 9.17) is 11.6 Å². The first-order valence-electron chi connectivity index (χ1n) is 5.52. The van der Waals surface area contributed by atoms with E-state index in [2.05, 4.69) is 24.2 Å². The van der Waals surface area contributed by atoms with E-state index in [1.807, 2.05) is 29.8 Å². The smallest absolute Gasteiger partial charge is 0.130 e. The van der Waals surface area contributed by atoms with Gasteiger partial charge in [-0.15, -0.1) is 0 Å². The van der Waals surface area contributed by atoms with E-state index in [1.165, 1.54) is 0 Å². The average Bonchev–Trinajstić information content (AvgIpc) is 2.59. The fourth-order valence-corrected chi connectivity index (χ4v) is 1.97. The van der Waals surface area contributed by atoms with E-state index >= 15 is 0 Å². The topological polar surface area (TPSA) is 17.8 Å². The average molecular weight is 235 g/mol. The van der Waals surface area contributed by atoms with Gasteiger partial charge in [0.15, 0.2) is 0 Å². The molecule has 0 bridgehead atoms. The Kier molecular flexibility index (Phi) is 3.30. The second-order valence-corrected chi connectivity index (χ2v) is 4.21. The molecule has 1 heterocycles. The summed E-state index contributed by atoms with van der Waals surface area (Å²) in [6.45, 7) is 5.01. The van der Waals surface area contributed by atoms with Gasteiger partial charge in [-0.2, -0.15) is 5.10 Å². The molecule has 0 N–H and O–H groups in total. The van der Waals surface area contributed by atoms with Gasteiger partial charge in [0, 0.05) is 17.7 Å². The largest absolute Gasteiger partial charge is 0.253 e. The number of nitrogens with zero attached hydrogens (tertiary/aromatic N) is 2. The Morgan fingerprint density at radius 3 is 2.56 bits per heavy atom. The van der Waals surface area contributed by atoms with Crippen LogP contribution in [0.2, 0.25) is 5.15 Å². The molecule has 0 fully saturated rings. The van der Waals surface area contributed by atoms with Gasteiger partial charge in [-0.1, -0.05) is 48.9 Å². The highest BCUT2D eigenvalue weighted by molar-refractivity contribution is 6.30. The highest BCUT2D eigenvalue weighted by atomic mass is 35.5. The van der Waals surface area contributed by atoms with Crippen molar-refractivity contribution < 1.29 is 0 Å². The van der Waals surface area contributed by atoms with Gasteiger partial charge in [0.2, 0.25) is 0 Å². The fraction of sp³-hybridized carbons (Fsp3) is 0.308. The Hall–Kier alpha value is -1.28. The SMILES string of the molecule is CCCn1nc(-c2ccccc2)c(C)c1Cl. The number of aromatic nitrogens is 2. The van der Waals surface area contributed by atoms with Gasteiger partial charge in [-0.25, -0.2) is 0 Å². The van der Waals surface area contributed by atoms with Crippen molar-refractivity contribution in [3.8, 4) is 11.3 Å². The van der Waals surface area contributed by atoms with Crippen LogP contribution in [0.4, 0.5) is 0 Å². The second-order valence-electron chi connectivity index (χ2n) is 3.85. The molecular formula is C13H15ClN2. The van der Waals surface area contributed by atoms with Crippen LogP contribution in [0.25, 0.3) is 11.3 Å². The maximum Gasteiger partial charge on any atom is 0.130 e. The van der Waals surface area contributed by atoms with Crippen LogP contribution < -0.4 is 0 Å². The summed E-state index contributed by atoms with van der Waals surface area (Å²) in [4.78, 5) is 0. The van der Waals surface area contributed by atoms with E-state index in [0.29, 0.717) is 0 Å². The summed E-state index contributed by atoms with van der Waals surface area (Å²) >= 11 is 6.24. The summed E-state index contributed by atoms with van der Waals surface area (Å²) < 4.78 is 1.87. The molecule has 84 valence electrons. The number of halogens is 1. The maximum atomic E-state index is 6.24. The molecule has 1 aromatic carbocycles. The molecule has 0 radical (unpaired) electrons. The molecule has 2 rings (SSSR count). The van der Waals surface area contributed by atoms with Gasteiger partial charge in [0.1, 0.15) is 5.15 Å². The summed E-state index contributed by atoms with van der Waals surface area (Å²) in [6.07, 6.45) is 1.04. The van der Waals surface area contributed by atoms with Crippen LogP contribution >= 0.6 is 11.6 Å². The van der Waals surface area contributed by atoms with E-state index in [0.717, 1.165) is 34.9 Å². The summed E-state index contributed by atoms with van der Waals surface area (Å²) in [5.41, 5.74) is 3.16. The quantitative estimate of drug-likeness (QED) is 0.787. The Bertz CT molecular complexity index is 474. The standard InChI is InChI=1S/C13H15ClN2/c1-3-9-16-13(14)10(2)12(15-16)11-7-5-4-6-8-11/h4-8H,3,9H2,1-2H3. The normalized spacial score (nSPS) is 10.7. The van der Waals surface area contributed by atoms with Crippen LogP contribution in [-0.2, 0) is 6.54 Å². The molecule has 0 aliphatic carbocycles. The predicted molar refractivity (Wildman–Crippen MR) is 67.7 cm³/mol. The lowest BCUT2D eigenvalue weighted by atomic mass is 10.1. The number of benzene rings is 1. The van der Waals surface area contributed by atoms with Crippen LogP contribution in [0, 0.1) is 6.92 Å². The minimum atomic E-state index is 0.751. The number of hydrogen-bond donors (Lipinski definition) is 0. The minimum Gasteiger partial charge on any atom is -0.253 e. The minimum absolute atomic E-state index is 0.751. The molecule has 0 spiro atoms. The van der Waals surface area contributed by atoms with Crippen molar-refractivity contribution in [3.63, 3.8) is 0 Å². The Labute approximate surface area is 101 Å². The van der Waals surface area contributed by atoms with Crippen LogP contribution in [0.15, 0.2) is 30.3 Å². The van der Waals surface area contributed by atoms with E-state index in [9.17, 15) is 0 Å².